The molecule has 0 saturated carbocycles. The number of thiophene rings is 1. The van der Waals surface area contributed by atoms with E-state index < -0.39 is 0 Å². The number of fused-ring (bicyclic) bond motifs is 1. The number of ketones is 1. The van der Waals surface area contributed by atoms with E-state index in [0.29, 0.717) is 29.0 Å². The second-order valence-electron chi connectivity index (χ2n) is 6.33. The molecule has 0 fully saturated rings. The first kappa shape index (κ1) is 14.8. The number of anilines is 1. The van der Waals surface area contributed by atoms with Crippen LogP contribution >= 0.6 is 11.3 Å². The molecule has 1 amide bonds. The largest absolute Gasteiger partial charge is 0.294 e. The summed E-state index contributed by atoms with van der Waals surface area (Å²) in [5, 5.41) is 4.56. The van der Waals surface area contributed by atoms with Crippen LogP contribution in [0.1, 0.15) is 51.7 Å². The van der Waals surface area contributed by atoms with E-state index in [4.69, 9.17) is 0 Å². The molecule has 2 heterocycles. The SMILES string of the molecule is Cc1nc(NC(=O)c2cccs2)nc2c1C(=O)CC(C)(C)C2. The van der Waals surface area contributed by atoms with Crippen LogP contribution in [0.3, 0.4) is 0 Å². The van der Waals surface area contributed by atoms with Gasteiger partial charge in [-0.2, -0.15) is 0 Å². The van der Waals surface area contributed by atoms with Crippen LogP contribution < -0.4 is 5.32 Å². The van der Waals surface area contributed by atoms with Crippen molar-refractivity contribution in [2.75, 3.05) is 5.32 Å². The van der Waals surface area contributed by atoms with Crippen molar-refractivity contribution >= 4 is 29.0 Å². The lowest BCUT2D eigenvalue weighted by atomic mass is 9.75. The second-order valence-corrected chi connectivity index (χ2v) is 7.27. The highest BCUT2D eigenvalue weighted by Gasteiger charge is 2.33. The summed E-state index contributed by atoms with van der Waals surface area (Å²) < 4.78 is 0. The van der Waals surface area contributed by atoms with Gasteiger partial charge in [0.15, 0.2) is 5.78 Å². The van der Waals surface area contributed by atoms with Crippen molar-refractivity contribution in [1.29, 1.82) is 0 Å². The zero-order chi connectivity index (χ0) is 15.9. The number of aryl methyl sites for hydroxylation is 1. The molecule has 0 saturated heterocycles. The van der Waals surface area contributed by atoms with Gasteiger partial charge in [-0.25, -0.2) is 9.97 Å². The van der Waals surface area contributed by atoms with E-state index in [1.165, 1.54) is 11.3 Å². The number of aromatic nitrogens is 2. The topological polar surface area (TPSA) is 72.0 Å². The molecule has 22 heavy (non-hydrogen) atoms. The fourth-order valence-corrected chi connectivity index (χ4v) is 3.41. The summed E-state index contributed by atoms with van der Waals surface area (Å²) in [6.45, 7) is 5.89. The molecule has 0 spiro atoms. The van der Waals surface area contributed by atoms with Crippen molar-refractivity contribution in [2.24, 2.45) is 5.41 Å². The van der Waals surface area contributed by atoms with Crippen LogP contribution in [0.25, 0.3) is 0 Å². The Morgan fingerprint density at radius 2 is 2.09 bits per heavy atom. The zero-order valence-corrected chi connectivity index (χ0v) is 13.6. The molecule has 0 radical (unpaired) electrons. The number of Topliss-reactive ketones (excluding diaryl/α,β-unsaturated/α-hetero) is 1. The third-order valence-corrected chi connectivity index (χ3v) is 4.57. The average molecular weight is 315 g/mol. The van der Waals surface area contributed by atoms with Crippen molar-refractivity contribution in [1.82, 2.24) is 9.97 Å². The van der Waals surface area contributed by atoms with Crippen LogP contribution in [-0.2, 0) is 6.42 Å². The smallest absolute Gasteiger partial charge is 0.268 e. The van der Waals surface area contributed by atoms with Gasteiger partial charge in [-0.05, 0) is 30.2 Å². The van der Waals surface area contributed by atoms with Crippen LogP contribution in [0.15, 0.2) is 17.5 Å². The maximum Gasteiger partial charge on any atom is 0.268 e. The van der Waals surface area contributed by atoms with Gasteiger partial charge in [0.25, 0.3) is 5.91 Å². The Morgan fingerprint density at radius 1 is 1.32 bits per heavy atom. The predicted molar refractivity (Wildman–Crippen MR) is 85.5 cm³/mol. The standard InChI is InChI=1S/C16H17N3O2S/c1-9-13-10(7-16(2,3)8-11(13)20)18-15(17-9)19-14(21)12-5-4-6-22-12/h4-6H,7-8H2,1-3H3,(H,17,18,19,21). The minimum atomic E-state index is -0.226. The molecule has 0 bridgehead atoms. The summed E-state index contributed by atoms with van der Waals surface area (Å²) in [7, 11) is 0. The third kappa shape index (κ3) is 2.78. The van der Waals surface area contributed by atoms with Gasteiger partial charge in [-0.3, -0.25) is 14.9 Å². The predicted octanol–water partition coefficient (Wildman–Crippen LogP) is 3.25. The summed E-state index contributed by atoms with van der Waals surface area (Å²) >= 11 is 1.36. The maximum absolute atomic E-state index is 12.3. The van der Waals surface area contributed by atoms with Crippen LogP contribution in [-0.4, -0.2) is 21.7 Å². The van der Waals surface area contributed by atoms with Gasteiger partial charge >= 0.3 is 0 Å². The van der Waals surface area contributed by atoms with Gasteiger partial charge in [-0.1, -0.05) is 19.9 Å². The molecular formula is C16H17N3O2S. The monoisotopic (exact) mass is 315 g/mol. The molecule has 0 aromatic carbocycles. The molecule has 5 nitrogen and oxygen atoms in total. The number of rotatable bonds is 2. The van der Waals surface area contributed by atoms with Gasteiger partial charge in [-0.15, -0.1) is 11.3 Å². The summed E-state index contributed by atoms with van der Waals surface area (Å²) in [4.78, 5) is 33.7. The van der Waals surface area contributed by atoms with Crippen molar-refractivity contribution in [3.05, 3.63) is 39.3 Å². The Bertz CT molecular complexity index is 751. The summed E-state index contributed by atoms with van der Waals surface area (Å²) in [6.07, 6.45) is 1.21. The number of hydrogen-bond acceptors (Lipinski definition) is 5. The molecule has 3 rings (SSSR count). The van der Waals surface area contributed by atoms with Gasteiger partial charge in [0.05, 0.1) is 21.8 Å². The van der Waals surface area contributed by atoms with E-state index in [0.717, 1.165) is 5.69 Å². The first-order valence-corrected chi connectivity index (χ1v) is 7.99. The maximum atomic E-state index is 12.3. The Morgan fingerprint density at radius 3 is 2.77 bits per heavy atom. The lowest BCUT2D eigenvalue weighted by molar-refractivity contribution is 0.0908. The fraction of sp³-hybridized carbons (Fsp3) is 0.375. The van der Waals surface area contributed by atoms with Gasteiger partial charge in [0.2, 0.25) is 5.95 Å². The van der Waals surface area contributed by atoms with Crippen molar-refractivity contribution < 1.29 is 9.59 Å². The highest BCUT2D eigenvalue weighted by atomic mass is 32.1. The summed E-state index contributed by atoms with van der Waals surface area (Å²) in [5.41, 5.74) is 1.87. The first-order chi connectivity index (χ1) is 10.4. The molecule has 0 unspecified atom stereocenters. The normalized spacial score (nSPS) is 16.2. The van der Waals surface area contributed by atoms with E-state index in [2.05, 4.69) is 29.1 Å². The van der Waals surface area contributed by atoms with E-state index >= 15 is 0 Å². The van der Waals surface area contributed by atoms with Crippen LogP contribution in [0, 0.1) is 12.3 Å². The lowest BCUT2D eigenvalue weighted by Crippen LogP contribution is -2.29. The molecule has 2 aromatic heterocycles. The minimum Gasteiger partial charge on any atom is -0.294 e. The number of amides is 1. The highest BCUT2D eigenvalue weighted by Crippen LogP contribution is 2.35. The molecule has 1 N–H and O–H groups in total. The van der Waals surface area contributed by atoms with Crippen molar-refractivity contribution in [2.45, 2.75) is 33.6 Å². The Balaban J connectivity index is 1.94. The quantitative estimate of drug-likeness (QED) is 0.923. The Kier molecular flexibility index (Phi) is 3.56. The minimum absolute atomic E-state index is 0.0832. The molecular weight excluding hydrogens is 298 g/mol. The van der Waals surface area contributed by atoms with E-state index in [1.54, 1.807) is 13.0 Å². The highest BCUT2D eigenvalue weighted by molar-refractivity contribution is 7.12. The molecule has 1 aliphatic rings. The lowest BCUT2D eigenvalue weighted by Gasteiger charge is -2.30. The molecule has 0 aliphatic heterocycles. The summed E-state index contributed by atoms with van der Waals surface area (Å²) in [5.74, 6) is 0.121. The van der Waals surface area contributed by atoms with E-state index in [-0.39, 0.29) is 23.1 Å². The number of nitrogens with zero attached hydrogens (tertiary/aromatic N) is 2. The fourth-order valence-electron chi connectivity index (χ4n) is 2.79. The van der Waals surface area contributed by atoms with E-state index in [9.17, 15) is 9.59 Å². The Labute approximate surface area is 132 Å². The van der Waals surface area contributed by atoms with Crippen molar-refractivity contribution in [3.8, 4) is 0 Å². The molecule has 114 valence electrons. The van der Waals surface area contributed by atoms with Crippen LogP contribution in [0.4, 0.5) is 5.95 Å². The number of carbonyl (C=O) groups excluding carboxylic acids is 2. The average Bonchev–Trinajstić information content (AvgIpc) is 2.89. The van der Waals surface area contributed by atoms with Gasteiger partial charge in [0.1, 0.15) is 0 Å². The zero-order valence-electron chi connectivity index (χ0n) is 12.8. The van der Waals surface area contributed by atoms with Crippen molar-refractivity contribution in [3.63, 3.8) is 0 Å². The van der Waals surface area contributed by atoms with Crippen LogP contribution in [0.5, 0.6) is 0 Å². The molecule has 1 aliphatic carbocycles. The molecule has 2 aromatic rings. The number of nitrogens with one attached hydrogen (secondary N) is 1. The number of hydrogen-bond donors (Lipinski definition) is 1. The van der Waals surface area contributed by atoms with E-state index in [1.807, 2.05) is 11.4 Å². The van der Waals surface area contributed by atoms with Gasteiger partial charge < -0.3 is 0 Å². The molecule has 6 heteroatoms. The molecule has 0 atom stereocenters. The van der Waals surface area contributed by atoms with Crippen LogP contribution in [0.2, 0.25) is 0 Å². The van der Waals surface area contributed by atoms with Gasteiger partial charge in [0, 0.05) is 6.42 Å². The summed E-state index contributed by atoms with van der Waals surface area (Å²) in [6, 6.07) is 3.57. The second kappa shape index (κ2) is 5.28. The first-order valence-electron chi connectivity index (χ1n) is 7.11. The number of carbonyl (C=O) groups is 2. The Hall–Kier alpha value is -2.08. The third-order valence-electron chi connectivity index (χ3n) is 3.70.